The average molecular weight is 341 g/mol. The van der Waals surface area contributed by atoms with Gasteiger partial charge in [0.05, 0.1) is 16.8 Å². The monoisotopic (exact) mass is 341 g/mol. The molecule has 1 aromatic heterocycles. The summed E-state index contributed by atoms with van der Waals surface area (Å²) in [6, 6.07) is 10.9. The topological polar surface area (TPSA) is 104 Å². The van der Waals surface area contributed by atoms with E-state index in [9.17, 15) is 9.59 Å². The molecule has 1 N–H and O–H groups in total. The zero-order chi connectivity index (χ0) is 17.7. The molecule has 0 saturated carbocycles. The highest BCUT2D eigenvalue weighted by molar-refractivity contribution is 7.14. The van der Waals surface area contributed by atoms with Gasteiger partial charge in [-0.3, -0.25) is 4.79 Å². The first kappa shape index (κ1) is 17.5. The number of nitrogens with zero attached hydrogens (tertiary/aromatic N) is 2. The van der Waals surface area contributed by atoms with Crippen molar-refractivity contribution >= 4 is 28.8 Å². The Balaban J connectivity index is 2.16. The van der Waals surface area contributed by atoms with Gasteiger partial charge in [0.15, 0.2) is 12.4 Å². The third-order valence-electron chi connectivity index (χ3n) is 3.20. The Kier molecular flexibility index (Phi) is 5.55. The van der Waals surface area contributed by atoms with E-state index in [0.717, 1.165) is 5.56 Å². The molecule has 0 bridgehead atoms. The number of ether oxygens (including phenoxy) is 1. The predicted molar refractivity (Wildman–Crippen MR) is 90.1 cm³/mol. The molecule has 1 aromatic carbocycles. The zero-order valence-electron chi connectivity index (χ0n) is 13.2. The second kappa shape index (κ2) is 7.62. The number of benzene rings is 1. The van der Waals surface area contributed by atoms with Gasteiger partial charge in [0, 0.05) is 11.3 Å². The molecule has 0 amide bonds. The number of nitriles is 1. The fraction of sp³-hybridized carbons (Fsp3) is 0.235. The lowest BCUT2D eigenvalue weighted by atomic mass is 10.0. The number of rotatable bonds is 6. The van der Waals surface area contributed by atoms with Crippen LogP contribution in [0.15, 0.2) is 30.3 Å². The van der Waals surface area contributed by atoms with Crippen molar-refractivity contribution in [1.82, 2.24) is 4.98 Å². The van der Waals surface area contributed by atoms with Crippen LogP contribution in [-0.2, 0) is 9.53 Å². The molecule has 0 unspecified atom stereocenters. The van der Waals surface area contributed by atoms with E-state index >= 15 is 0 Å². The predicted octanol–water partition coefficient (Wildman–Crippen LogP) is 3.02. The Bertz CT molecular complexity index is 821. The molecule has 0 fully saturated rings. The van der Waals surface area contributed by atoms with Crippen LogP contribution in [0.5, 0.6) is 0 Å². The first-order chi connectivity index (χ1) is 11.4. The number of hydrogen-bond acceptors (Lipinski definition) is 7. The fourth-order valence-corrected chi connectivity index (χ4v) is 2.89. The Morgan fingerprint density at radius 1 is 1.38 bits per heavy atom. The van der Waals surface area contributed by atoms with Crippen molar-refractivity contribution in [3.05, 3.63) is 40.2 Å². The second-order valence-corrected chi connectivity index (χ2v) is 6.27. The quantitative estimate of drug-likeness (QED) is 0.642. The molecular weight excluding hydrogens is 326 g/mol. The molecule has 7 heteroatoms. The smallest absolute Gasteiger partial charge is 0.351 e. The highest BCUT2D eigenvalue weighted by atomic mass is 32.1. The van der Waals surface area contributed by atoms with Crippen LogP contribution in [-0.4, -0.2) is 29.1 Å². The van der Waals surface area contributed by atoms with Crippen LogP contribution in [0.3, 0.4) is 0 Å². The lowest BCUT2D eigenvalue weighted by molar-refractivity contribution is -0.122. The highest BCUT2D eigenvalue weighted by Crippen LogP contribution is 2.28. The molecular formula is C17H15N3O3S. The van der Waals surface area contributed by atoms with Crippen molar-refractivity contribution in [2.75, 3.05) is 6.61 Å². The standard InChI is InChI=1S/C17H15N3O3S/c1-10(19)13(8-18)14(21)9-23-17(22)16-15(20-11(2)24-16)12-6-4-3-5-7-12/h3-7,13,19H,9H2,1-2H3/t13-/m1/s1. The van der Waals surface area contributed by atoms with Crippen molar-refractivity contribution in [2.24, 2.45) is 5.92 Å². The third kappa shape index (κ3) is 3.91. The molecule has 0 aliphatic carbocycles. The summed E-state index contributed by atoms with van der Waals surface area (Å²) in [6.45, 7) is 2.61. The maximum atomic E-state index is 12.3. The second-order valence-electron chi connectivity index (χ2n) is 5.06. The summed E-state index contributed by atoms with van der Waals surface area (Å²) in [4.78, 5) is 28.8. The zero-order valence-corrected chi connectivity index (χ0v) is 14.0. The van der Waals surface area contributed by atoms with Crippen LogP contribution in [0.25, 0.3) is 11.3 Å². The molecule has 2 rings (SSSR count). The molecule has 0 aliphatic heterocycles. The van der Waals surface area contributed by atoms with Gasteiger partial charge in [-0.05, 0) is 13.8 Å². The molecule has 0 spiro atoms. The molecule has 0 saturated heterocycles. The number of thiazole rings is 1. The van der Waals surface area contributed by atoms with Gasteiger partial charge in [0.2, 0.25) is 0 Å². The van der Waals surface area contributed by atoms with Gasteiger partial charge >= 0.3 is 5.97 Å². The summed E-state index contributed by atoms with van der Waals surface area (Å²) < 4.78 is 5.03. The average Bonchev–Trinajstić information content (AvgIpc) is 2.95. The van der Waals surface area contributed by atoms with Crippen LogP contribution < -0.4 is 0 Å². The number of esters is 1. The maximum Gasteiger partial charge on any atom is 0.351 e. The van der Waals surface area contributed by atoms with Crippen LogP contribution in [0, 0.1) is 29.6 Å². The van der Waals surface area contributed by atoms with E-state index in [4.69, 9.17) is 15.4 Å². The Hall–Kier alpha value is -2.85. The van der Waals surface area contributed by atoms with Gasteiger partial charge < -0.3 is 10.1 Å². The van der Waals surface area contributed by atoms with E-state index in [1.807, 2.05) is 30.3 Å². The van der Waals surface area contributed by atoms with E-state index in [-0.39, 0.29) is 5.71 Å². The van der Waals surface area contributed by atoms with Gasteiger partial charge in [-0.2, -0.15) is 5.26 Å². The molecule has 6 nitrogen and oxygen atoms in total. The van der Waals surface area contributed by atoms with Gasteiger partial charge in [0.1, 0.15) is 10.8 Å². The minimum absolute atomic E-state index is 0.0721. The number of aromatic nitrogens is 1. The minimum atomic E-state index is -1.19. The van der Waals surface area contributed by atoms with Gasteiger partial charge in [0.25, 0.3) is 0 Å². The Morgan fingerprint density at radius 3 is 2.62 bits per heavy atom. The van der Waals surface area contributed by atoms with E-state index in [1.54, 1.807) is 13.0 Å². The SMILES string of the molecule is CC(=N)[C@@H](C#N)C(=O)COC(=O)c1sc(C)nc1-c1ccccc1. The fourth-order valence-electron chi connectivity index (χ4n) is 2.05. The maximum absolute atomic E-state index is 12.3. The normalized spacial score (nSPS) is 11.4. The molecule has 24 heavy (non-hydrogen) atoms. The van der Waals surface area contributed by atoms with Crippen molar-refractivity contribution < 1.29 is 14.3 Å². The lowest BCUT2D eigenvalue weighted by Crippen LogP contribution is -2.25. The van der Waals surface area contributed by atoms with E-state index in [2.05, 4.69) is 4.98 Å². The molecule has 2 aromatic rings. The number of Topliss-reactive ketones (excluding diaryl/α,β-unsaturated/α-hetero) is 1. The largest absolute Gasteiger partial charge is 0.453 e. The third-order valence-corrected chi connectivity index (χ3v) is 4.15. The number of carbonyl (C=O) groups excluding carboxylic acids is 2. The van der Waals surface area contributed by atoms with Crippen molar-refractivity contribution in [2.45, 2.75) is 13.8 Å². The van der Waals surface area contributed by atoms with Gasteiger partial charge in [-0.25, -0.2) is 9.78 Å². The summed E-state index contributed by atoms with van der Waals surface area (Å²) in [5, 5.41) is 17.0. The van der Waals surface area contributed by atoms with Crippen LogP contribution >= 0.6 is 11.3 Å². The lowest BCUT2D eigenvalue weighted by Gasteiger charge is -2.07. The Morgan fingerprint density at radius 2 is 2.04 bits per heavy atom. The van der Waals surface area contributed by atoms with E-state index in [0.29, 0.717) is 15.6 Å². The summed E-state index contributed by atoms with van der Waals surface area (Å²) in [7, 11) is 0. The number of aryl methyl sites for hydroxylation is 1. The van der Waals surface area contributed by atoms with Crippen molar-refractivity contribution in [1.29, 1.82) is 10.7 Å². The number of ketones is 1. The molecule has 0 radical (unpaired) electrons. The number of nitrogens with one attached hydrogen (secondary N) is 1. The minimum Gasteiger partial charge on any atom is -0.453 e. The molecule has 1 atom stereocenters. The van der Waals surface area contributed by atoms with Gasteiger partial charge in [-0.15, -0.1) is 11.3 Å². The summed E-state index contributed by atoms with van der Waals surface area (Å²) in [5.41, 5.74) is 1.22. The van der Waals surface area contributed by atoms with Crippen molar-refractivity contribution in [3.8, 4) is 17.3 Å². The summed E-state index contributed by atoms with van der Waals surface area (Å²) in [6.07, 6.45) is 0. The van der Waals surface area contributed by atoms with Gasteiger partial charge in [-0.1, -0.05) is 30.3 Å². The van der Waals surface area contributed by atoms with E-state index in [1.165, 1.54) is 18.3 Å². The highest BCUT2D eigenvalue weighted by Gasteiger charge is 2.24. The van der Waals surface area contributed by atoms with Crippen LogP contribution in [0.1, 0.15) is 21.6 Å². The molecule has 122 valence electrons. The van der Waals surface area contributed by atoms with Crippen LogP contribution in [0.2, 0.25) is 0 Å². The van der Waals surface area contributed by atoms with E-state index < -0.39 is 24.3 Å². The Labute approximate surface area is 143 Å². The first-order valence-corrected chi connectivity index (χ1v) is 7.93. The summed E-state index contributed by atoms with van der Waals surface area (Å²) in [5.74, 6) is -2.46. The summed E-state index contributed by atoms with van der Waals surface area (Å²) >= 11 is 1.19. The van der Waals surface area contributed by atoms with Crippen LogP contribution in [0.4, 0.5) is 0 Å². The van der Waals surface area contributed by atoms with Crippen molar-refractivity contribution in [3.63, 3.8) is 0 Å². The number of hydrogen-bond donors (Lipinski definition) is 1. The molecule has 0 aliphatic rings. The molecule has 1 heterocycles. The first-order valence-electron chi connectivity index (χ1n) is 7.11. The number of carbonyl (C=O) groups is 2.